The molecule has 2 heteroatoms. The Morgan fingerprint density at radius 1 is 1.20 bits per heavy atom. The van der Waals surface area contributed by atoms with Crippen LogP contribution in [-0.2, 0) is 0 Å². The summed E-state index contributed by atoms with van der Waals surface area (Å²) in [5.41, 5.74) is 0. The second-order valence-electron chi connectivity index (χ2n) is 3.40. The van der Waals surface area contributed by atoms with E-state index >= 15 is 0 Å². The second-order valence-corrected chi connectivity index (χ2v) is 3.40. The minimum Gasteiger partial charge on any atom is -0.315 e. The first kappa shape index (κ1) is 8.02. The van der Waals surface area contributed by atoms with Crippen molar-refractivity contribution in [2.45, 2.75) is 26.3 Å². The van der Waals surface area contributed by atoms with E-state index in [4.69, 9.17) is 0 Å². The van der Waals surface area contributed by atoms with Gasteiger partial charge in [-0.15, -0.1) is 0 Å². The smallest absolute Gasteiger partial charge is 0.00792 e. The fraction of sp³-hybridized carbons (Fsp3) is 1.00. The van der Waals surface area contributed by atoms with Crippen molar-refractivity contribution in [3.63, 3.8) is 0 Å². The molecule has 2 N–H and O–H groups in total. The van der Waals surface area contributed by atoms with Crippen molar-refractivity contribution in [1.82, 2.24) is 10.6 Å². The highest BCUT2D eigenvalue weighted by atomic mass is 15.0. The lowest BCUT2D eigenvalue weighted by Crippen LogP contribution is -2.40. The molecule has 0 aromatic heterocycles. The summed E-state index contributed by atoms with van der Waals surface area (Å²) in [6.45, 7) is 7.99. The SMILES string of the molecule is CC1CNCCNC(C)C1. The maximum absolute atomic E-state index is 3.45. The predicted octanol–water partition coefficient (Wildman–Crippen LogP) is 0.594. The van der Waals surface area contributed by atoms with Crippen LogP contribution in [0.25, 0.3) is 0 Å². The first-order valence-corrected chi connectivity index (χ1v) is 4.23. The molecule has 0 aliphatic carbocycles. The summed E-state index contributed by atoms with van der Waals surface area (Å²) in [6.07, 6.45) is 1.30. The molecule has 10 heavy (non-hydrogen) atoms. The summed E-state index contributed by atoms with van der Waals surface area (Å²) >= 11 is 0. The Morgan fingerprint density at radius 2 is 2.00 bits per heavy atom. The molecule has 1 fully saturated rings. The highest BCUT2D eigenvalue weighted by Crippen LogP contribution is 2.05. The molecule has 0 aromatic carbocycles. The van der Waals surface area contributed by atoms with Gasteiger partial charge in [0.05, 0.1) is 0 Å². The molecule has 1 saturated heterocycles. The first-order valence-electron chi connectivity index (χ1n) is 4.23. The van der Waals surface area contributed by atoms with Crippen LogP contribution in [0.3, 0.4) is 0 Å². The van der Waals surface area contributed by atoms with E-state index in [-0.39, 0.29) is 0 Å². The molecule has 0 bridgehead atoms. The van der Waals surface area contributed by atoms with E-state index in [9.17, 15) is 0 Å². The zero-order chi connectivity index (χ0) is 7.40. The van der Waals surface area contributed by atoms with E-state index in [1.54, 1.807) is 0 Å². The van der Waals surface area contributed by atoms with Crippen LogP contribution in [-0.4, -0.2) is 25.7 Å². The minimum atomic E-state index is 0.706. The van der Waals surface area contributed by atoms with E-state index in [2.05, 4.69) is 24.5 Å². The number of rotatable bonds is 0. The normalized spacial score (nSPS) is 36.6. The summed E-state index contributed by atoms with van der Waals surface area (Å²) in [5.74, 6) is 0.822. The molecule has 1 rings (SSSR count). The Labute approximate surface area is 63.4 Å². The van der Waals surface area contributed by atoms with Crippen LogP contribution in [0.1, 0.15) is 20.3 Å². The van der Waals surface area contributed by atoms with E-state index in [0.29, 0.717) is 6.04 Å². The monoisotopic (exact) mass is 142 g/mol. The average Bonchev–Trinajstić information content (AvgIpc) is 1.83. The van der Waals surface area contributed by atoms with Gasteiger partial charge in [-0.3, -0.25) is 0 Å². The van der Waals surface area contributed by atoms with Crippen molar-refractivity contribution in [1.29, 1.82) is 0 Å². The van der Waals surface area contributed by atoms with Crippen LogP contribution < -0.4 is 10.6 Å². The van der Waals surface area contributed by atoms with Gasteiger partial charge in [0.1, 0.15) is 0 Å². The first-order chi connectivity index (χ1) is 4.79. The van der Waals surface area contributed by atoms with Crippen molar-refractivity contribution in [2.24, 2.45) is 5.92 Å². The molecule has 2 nitrogen and oxygen atoms in total. The number of hydrogen-bond donors (Lipinski definition) is 2. The number of nitrogens with one attached hydrogen (secondary N) is 2. The summed E-state index contributed by atoms with van der Waals surface area (Å²) < 4.78 is 0. The van der Waals surface area contributed by atoms with E-state index in [0.717, 1.165) is 19.0 Å². The van der Waals surface area contributed by atoms with Gasteiger partial charge in [-0.1, -0.05) is 6.92 Å². The third kappa shape index (κ3) is 2.67. The lowest BCUT2D eigenvalue weighted by molar-refractivity contribution is 0.372. The third-order valence-electron chi connectivity index (χ3n) is 2.04. The van der Waals surface area contributed by atoms with Crippen LogP contribution in [0.4, 0.5) is 0 Å². The van der Waals surface area contributed by atoms with Gasteiger partial charge >= 0.3 is 0 Å². The molecule has 0 radical (unpaired) electrons. The minimum absolute atomic E-state index is 0.706. The van der Waals surface area contributed by atoms with Crippen LogP contribution >= 0.6 is 0 Å². The third-order valence-corrected chi connectivity index (χ3v) is 2.04. The predicted molar refractivity (Wildman–Crippen MR) is 44.1 cm³/mol. The van der Waals surface area contributed by atoms with Gasteiger partial charge in [-0.05, 0) is 25.8 Å². The van der Waals surface area contributed by atoms with Gasteiger partial charge in [-0.2, -0.15) is 0 Å². The lowest BCUT2D eigenvalue weighted by Gasteiger charge is -2.22. The molecule has 1 aliphatic rings. The van der Waals surface area contributed by atoms with Gasteiger partial charge in [0.15, 0.2) is 0 Å². The van der Waals surface area contributed by atoms with Gasteiger partial charge in [0, 0.05) is 19.1 Å². The Bertz CT molecular complexity index is 83.3. The lowest BCUT2D eigenvalue weighted by atomic mass is 10.0. The Morgan fingerprint density at radius 3 is 2.80 bits per heavy atom. The molecule has 60 valence electrons. The standard InChI is InChI=1S/C8H18N2/c1-7-5-8(2)10-4-3-9-6-7/h7-10H,3-6H2,1-2H3. The molecule has 0 saturated carbocycles. The van der Waals surface area contributed by atoms with Crippen molar-refractivity contribution < 1.29 is 0 Å². The molecular weight excluding hydrogens is 124 g/mol. The summed E-state index contributed by atoms with van der Waals surface area (Å²) in [7, 11) is 0. The summed E-state index contributed by atoms with van der Waals surface area (Å²) in [5, 5.41) is 6.85. The van der Waals surface area contributed by atoms with Crippen LogP contribution in [0.5, 0.6) is 0 Å². The molecule has 1 heterocycles. The van der Waals surface area contributed by atoms with E-state index in [1.165, 1.54) is 13.0 Å². The van der Waals surface area contributed by atoms with Crippen molar-refractivity contribution in [3.05, 3.63) is 0 Å². The zero-order valence-electron chi connectivity index (χ0n) is 6.98. The molecule has 2 unspecified atom stereocenters. The van der Waals surface area contributed by atoms with Crippen molar-refractivity contribution in [3.8, 4) is 0 Å². The highest BCUT2D eigenvalue weighted by molar-refractivity contribution is 4.70. The molecular formula is C8H18N2. The Balaban J connectivity index is 2.25. The summed E-state index contributed by atoms with van der Waals surface area (Å²) in [4.78, 5) is 0. The van der Waals surface area contributed by atoms with Gasteiger partial charge in [0.25, 0.3) is 0 Å². The van der Waals surface area contributed by atoms with Gasteiger partial charge < -0.3 is 10.6 Å². The number of hydrogen-bond acceptors (Lipinski definition) is 2. The Kier molecular flexibility index (Phi) is 3.16. The van der Waals surface area contributed by atoms with Gasteiger partial charge in [0.2, 0.25) is 0 Å². The van der Waals surface area contributed by atoms with Crippen molar-refractivity contribution in [2.75, 3.05) is 19.6 Å². The van der Waals surface area contributed by atoms with Crippen LogP contribution in [0.2, 0.25) is 0 Å². The molecule has 1 aliphatic heterocycles. The fourth-order valence-electron chi connectivity index (χ4n) is 1.53. The second kappa shape index (κ2) is 3.94. The highest BCUT2D eigenvalue weighted by Gasteiger charge is 2.09. The van der Waals surface area contributed by atoms with Crippen LogP contribution in [0, 0.1) is 5.92 Å². The van der Waals surface area contributed by atoms with E-state index < -0.39 is 0 Å². The molecule has 2 atom stereocenters. The van der Waals surface area contributed by atoms with Crippen molar-refractivity contribution >= 4 is 0 Å². The fourth-order valence-corrected chi connectivity index (χ4v) is 1.53. The van der Waals surface area contributed by atoms with E-state index in [1.807, 2.05) is 0 Å². The maximum atomic E-state index is 3.45. The molecule has 0 spiro atoms. The topological polar surface area (TPSA) is 24.1 Å². The maximum Gasteiger partial charge on any atom is 0.00792 e. The largest absolute Gasteiger partial charge is 0.315 e. The molecule has 0 aromatic rings. The van der Waals surface area contributed by atoms with Crippen LogP contribution in [0.15, 0.2) is 0 Å². The Hall–Kier alpha value is -0.0800. The van der Waals surface area contributed by atoms with Gasteiger partial charge in [-0.25, -0.2) is 0 Å². The molecule has 0 amide bonds. The summed E-state index contributed by atoms with van der Waals surface area (Å²) in [6, 6.07) is 0.706. The zero-order valence-corrected chi connectivity index (χ0v) is 6.98. The average molecular weight is 142 g/mol. The quantitative estimate of drug-likeness (QED) is 0.517.